The first-order valence-corrected chi connectivity index (χ1v) is 12.9. The van der Waals surface area contributed by atoms with Gasteiger partial charge in [0.15, 0.2) is 12.2 Å². The van der Waals surface area contributed by atoms with Gasteiger partial charge in [0.1, 0.15) is 12.2 Å². The van der Waals surface area contributed by atoms with Gasteiger partial charge in [-0.2, -0.15) is 13.8 Å². The van der Waals surface area contributed by atoms with E-state index in [0.29, 0.717) is 0 Å². The molecule has 0 aliphatic carbocycles. The first-order valence-electron chi connectivity index (χ1n) is 12.9. The number of unbranched alkanes of at least 4 members (excludes halogenated alkanes) is 4. The summed E-state index contributed by atoms with van der Waals surface area (Å²) in [4.78, 5) is 0. The Kier molecular flexibility index (Phi) is 1660. The fourth-order valence-corrected chi connectivity index (χ4v) is 1.58. The lowest BCUT2D eigenvalue weighted by Gasteiger charge is -1.87. The average molecular weight is 844 g/mol. The molecule has 0 amide bonds. The standard InChI is InChI=1S/2C7H12.2C6H12.C6H10.25CH4/c2*1-3-5-7-6-4-2;3*1-3-5-6-4-2;;;;;;;;;;;;;;;;;;;;;;;;;/h5-6H,3-4H2,1-2H3;3,6H,4-5H2,1-2H3;5-6H,3-4H2,1-2H3;3,6H,4-5H2,1-2H3;6H,1,3-4H2,2H3;25*1H4. The minimum atomic E-state index is 0. The molecular weight excluding hydrogens is 685 g/mol. The second-order valence-electron chi connectivity index (χ2n) is 6.52. The highest BCUT2D eigenvalue weighted by atomic mass is 13.8. The number of rotatable bonds is 12. The van der Waals surface area contributed by atoms with E-state index in [1.807, 2.05) is 25.2 Å². The number of hydrogen-bond donors (Lipinski definition) is 0. The molecule has 0 rings (SSSR count). The molecule has 0 spiro atoms. The molecule has 0 heteroatoms. The smallest absolute Gasteiger partial charge is 0.183 e. The largest absolute Gasteiger partial charge is 0.289 e. The third kappa shape index (κ3) is 628. The van der Waals surface area contributed by atoms with Crippen LogP contribution in [0.15, 0.2) is 42.2 Å². The maximum absolute atomic E-state index is 3.58. The van der Waals surface area contributed by atoms with Crippen molar-refractivity contribution < 1.29 is 0 Å². The van der Waals surface area contributed by atoms with E-state index in [1.54, 1.807) is 0 Å². The van der Waals surface area contributed by atoms with Gasteiger partial charge in [0.05, 0.1) is 6.42 Å². The van der Waals surface area contributed by atoms with Crippen molar-refractivity contribution in [2.75, 3.05) is 0 Å². The van der Waals surface area contributed by atoms with E-state index in [4.69, 9.17) is 0 Å². The average Bonchev–Trinajstić information content (AvgIpc) is 2.82. The van der Waals surface area contributed by atoms with E-state index in [1.165, 1.54) is 19.3 Å². The van der Waals surface area contributed by atoms with Crippen molar-refractivity contribution in [2.45, 2.75) is 312 Å². The van der Waals surface area contributed by atoms with Gasteiger partial charge >= 0.3 is 0 Å². The van der Waals surface area contributed by atoms with Gasteiger partial charge in [-0.05, 0) is 51.2 Å². The topological polar surface area (TPSA) is 0 Å². The molecule has 0 saturated carbocycles. The molecule has 0 bridgehead atoms. The van der Waals surface area contributed by atoms with E-state index in [9.17, 15) is 0 Å². The lowest BCUT2D eigenvalue weighted by molar-refractivity contribution is 0.980. The van der Waals surface area contributed by atoms with E-state index < -0.39 is 0 Å². The Labute approximate surface area is 391 Å². The Bertz CT molecular complexity index is 337. The molecule has 0 aromatic rings. The number of allylic oxidation sites excluding steroid dienone is 7. The van der Waals surface area contributed by atoms with Crippen molar-refractivity contribution in [3.63, 3.8) is 0 Å². The first-order chi connectivity index (χ1) is 15.6. The Balaban J connectivity index is -0.00000000515. The van der Waals surface area contributed by atoms with Gasteiger partial charge in [-0.3, -0.25) is 19.8 Å². The maximum atomic E-state index is 3.58. The van der Waals surface area contributed by atoms with Gasteiger partial charge in [-0.25, -0.2) is 0 Å². The van der Waals surface area contributed by atoms with E-state index >= 15 is 0 Å². The van der Waals surface area contributed by atoms with Crippen molar-refractivity contribution in [2.24, 2.45) is 0 Å². The van der Waals surface area contributed by atoms with Gasteiger partial charge in [-0.15, -0.1) is 5.73 Å². The summed E-state index contributed by atoms with van der Waals surface area (Å²) in [5.41, 5.74) is 3.03. The third-order valence-corrected chi connectivity index (χ3v) is 3.14. The van der Waals surface area contributed by atoms with Crippen LogP contribution in [-0.4, -0.2) is 0 Å². The molecule has 0 unspecified atom stereocenters. The Morgan fingerprint density at radius 1 is 0.421 bits per heavy atom. The van der Waals surface area contributed by atoms with Crippen LogP contribution in [0.5, 0.6) is 0 Å². The van der Waals surface area contributed by atoms with Gasteiger partial charge in [0, 0.05) is 32.1 Å². The second kappa shape index (κ2) is 372. The van der Waals surface area contributed by atoms with Gasteiger partial charge in [-0.1, -0.05) is 239 Å². The molecule has 0 aliphatic rings. The lowest BCUT2D eigenvalue weighted by atomic mass is 10.2. The third-order valence-electron chi connectivity index (χ3n) is 3.14. The first kappa shape index (κ1) is 254. The summed E-state index contributed by atoms with van der Waals surface area (Å²) < 4.78 is 0. The van der Waals surface area contributed by atoms with Gasteiger partial charge < -0.3 is 0 Å². The van der Waals surface area contributed by atoms with Crippen LogP contribution in [-0.2, 0) is 0 Å². The monoisotopic (exact) mass is 843 g/mol. The van der Waals surface area contributed by atoms with Crippen molar-refractivity contribution in [1.29, 1.82) is 0 Å². The summed E-state index contributed by atoms with van der Waals surface area (Å²) in [6.07, 6.45) is 35.9. The molecule has 0 heterocycles. The minimum absolute atomic E-state index is 0. The quantitative estimate of drug-likeness (QED) is 0.0795. The number of hydrogen-bond acceptors (Lipinski definition) is 0. The highest BCUT2D eigenvalue weighted by molar-refractivity contribution is 4.82. The molecule has 0 nitrogen and oxygen atoms in total. The molecule has 0 aromatic heterocycles. The summed E-state index contributed by atoms with van der Waals surface area (Å²) in [5, 5.41) is 0. The molecule has 0 saturated heterocycles. The highest BCUT2D eigenvalue weighted by Gasteiger charge is 1.78. The Hall–Kier alpha value is -1.57. The Morgan fingerprint density at radius 2 is 0.702 bits per heavy atom. The van der Waals surface area contributed by atoms with Crippen LogP contribution in [0.3, 0.4) is 0 Å². The molecule has 0 radical (unpaired) electrons. The maximum Gasteiger partial charge on any atom is 0.183 e. The van der Waals surface area contributed by atoms with Crippen LogP contribution in [0.1, 0.15) is 312 Å². The molecule has 0 fully saturated rings. The lowest BCUT2D eigenvalue weighted by Crippen LogP contribution is -1.69. The fraction of sp³-hybridized carbons (Fsp3) is 0.772. The van der Waals surface area contributed by atoms with E-state index in [0.717, 1.165) is 44.9 Å². The summed E-state index contributed by atoms with van der Waals surface area (Å²) in [6, 6.07) is 0. The van der Waals surface area contributed by atoms with Gasteiger partial charge in [0.2, 0.25) is 0 Å². The SMILES string of the molecule is C.C.C.C.C.C.C.C.C.C.C.C.C.C.C.C.C.C.C.C.C.C.C.C.C.CCC=C=CCC.CCC=CCC.C[CH-]C[C+]=CCC.C[CH-]C[CH+]CC.[CH2-]C[C+]=CCC. The zero-order valence-electron chi connectivity index (χ0n) is 23.5. The van der Waals surface area contributed by atoms with E-state index in [2.05, 4.69) is 118 Å². The molecular formula is C57H158. The second-order valence-corrected chi connectivity index (χ2v) is 6.52. The normalized spacial score (nSPS) is 4.95. The predicted molar refractivity (Wildman–Crippen MR) is 321 cm³/mol. The molecule has 0 N–H and O–H groups in total. The van der Waals surface area contributed by atoms with Crippen LogP contribution in [0.4, 0.5) is 0 Å². The summed E-state index contributed by atoms with van der Waals surface area (Å²) in [7, 11) is 0. The molecule has 57 heavy (non-hydrogen) atoms. The van der Waals surface area contributed by atoms with Crippen LogP contribution in [0, 0.1) is 38.3 Å². The summed E-state index contributed by atoms with van der Waals surface area (Å²) >= 11 is 0. The molecule has 0 aromatic carbocycles. The fourth-order valence-electron chi connectivity index (χ4n) is 1.58. The molecule has 0 atom stereocenters. The van der Waals surface area contributed by atoms with E-state index in [-0.39, 0.29) is 186 Å². The van der Waals surface area contributed by atoms with Crippen molar-refractivity contribution in [3.05, 3.63) is 80.5 Å². The van der Waals surface area contributed by atoms with Crippen molar-refractivity contribution in [1.82, 2.24) is 0 Å². The van der Waals surface area contributed by atoms with Crippen molar-refractivity contribution >= 4 is 0 Å². The summed E-state index contributed by atoms with van der Waals surface area (Å²) in [6.45, 7) is 22.6. The molecule has 0 aliphatic heterocycles. The Morgan fingerprint density at radius 3 is 0.842 bits per heavy atom. The predicted octanol–water partition coefficient (Wildman–Crippen LogP) is 27.3. The molecule has 386 valence electrons. The van der Waals surface area contributed by atoms with Crippen LogP contribution in [0.25, 0.3) is 0 Å². The van der Waals surface area contributed by atoms with Crippen LogP contribution >= 0.6 is 0 Å². The highest BCUT2D eigenvalue weighted by Crippen LogP contribution is 1.92. The van der Waals surface area contributed by atoms with Crippen molar-refractivity contribution in [3.8, 4) is 0 Å². The van der Waals surface area contributed by atoms with Gasteiger partial charge in [0.25, 0.3) is 0 Å². The van der Waals surface area contributed by atoms with Crippen LogP contribution < -0.4 is 0 Å². The zero-order valence-corrected chi connectivity index (χ0v) is 23.5. The zero-order chi connectivity index (χ0) is 25.6. The minimum Gasteiger partial charge on any atom is -0.289 e. The summed E-state index contributed by atoms with van der Waals surface area (Å²) in [5.74, 6) is 0. The van der Waals surface area contributed by atoms with Crippen LogP contribution in [0.2, 0.25) is 0 Å².